The Labute approximate surface area is 91.1 Å². The van der Waals surface area contributed by atoms with Crippen molar-refractivity contribution in [3.8, 4) is 0 Å². The van der Waals surface area contributed by atoms with Crippen molar-refractivity contribution in [2.75, 3.05) is 14.2 Å². The standard InChI is InChI=1S/C12H20O3/c1-14-11(13)10-9-7-5-3-4-6-8-12(9,10)15-2/h9-10H,3-8H2,1-2H3/t9-,10+,12-/m0/s1. The van der Waals surface area contributed by atoms with Crippen molar-refractivity contribution < 1.29 is 14.3 Å². The molecule has 2 aliphatic rings. The molecule has 2 rings (SSSR count). The summed E-state index contributed by atoms with van der Waals surface area (Å²) < 4.78 is 10.5. The Morgan fingerprint density at radius 1 is 1.20 bits per heavy atom. The molecular formula is C12H20O3. The van der Waals surface area contributed by atoms with Crippen molar-refractivity contribution in [3.63, 3.8) is 0 Å². The number of methoxy groups -OCH3 is 2. The Morgan fingerprint density at radius 2 is 1.93 bits per heavy atom. The van der Waals surface area contributed by atoms with Crippen LogP contribution >= 0.6 is 0 Å². The predicted octanol–water partition coefficient (Wildman–Crippen LogP) is 2.14. The number of rotatable bonds is 2. The maximum absolute atomic E-state index is 11.6. The summed E-state index contributed by atoms with van der Waals surface area (Å²) in [6.07, 6.45) is 7.11. The van der Waals surface area contributed by atoms with Gasteiger partial charge in [-0.3, -0.25) is 4.79 Å². The fourth-order valence-electron chi connectivity index (χ4n) is 3.23. The summed E-state index contributed by atoms with van der Waals surface area (Å²) in [7, 11) is 3.20. The minimum Gasteiger partial charge on any atom is -0.469 e. The fourth-order valence-corrected chi connectivity index (χ4v) is 3.23. The predicted molar refractivity (Wildman–Crippen MR) is 56.4 cm³/mol. The van der Waals surface area contributed by atoms with Gasteiger partial charge in [-0.2, -0.15) is 0 Å². The number of hydrogen-bond donors (Lipinski definition) is 0. The number of ether oxygens (including phenoxy) is 2. The number of hydrogen-bond acceptors (Lipinski definition) is 3. The van der Waals surface area contributed by atoms with Gasteiger partial charge < -0.3 is 9.47 Å². The quantitative estimate of drug-likeness (QED) is 0.658. The molecule has 3 atom stereocenters. The molecule has 0 radical (unpaired) electrons. The molecule has 2 fully saturated rings. The van der Waals surface area contributed by atoms with E-state index in [-0.39, 0.29) is 17.5 Å². The average Bonchev–Trinajstić information content (AvgIpc) is 2.84. The van der Waals surface area contributed by atoms with E-state index in [1.807, 2.05) is 0 Å². The van der Waals surface area contributed by atoms with E-state index >= 15 is 0 Å². The van der Waals surface area contributed by atoms with E-state index in [1.165, 1.54) is 32.8 Å². The number of fused-ring (bicyclic) bond motifs is 1. The van der Waals surface area contributed by atoms with Crippen LogP contribution in [0.3, 0.4) is 0 Å². The van der Waals surface area contributed by atoms with Gasteiger partial charge >= 0.3 is 5.97 Å². The summed E-state index contributed by atoms with van der Waals surface area (Å²) in [5.41, 5.74) is -0.173. The molecular weight excluding hydrogens is 192 g/mol. The van der Waals surface area contributed by atoms with Crippen LogP contribution in [0.25, 0.3) is 0 Å². The second-order valence-electron chi connectivity index (χ2n) is 4.72. The van der Waals surface area contributed by atoms with Crippen LogP contribution < -0.4 is 0 Å². The Bertz CT molecular complexity index is 251. The van der Waals surface area contributed by atoms with Crippen molar-refractivity contribution in [1.29, 1.82) is 0 Å². The third kappa shape index (κ3) is 1.67. The molecule has 0 amide bonds. The van der Waals surface area contributed by atoms with Crippen LogP contribution in [0.5, 0.6) is 0 Å². The van der Waals surface area contributed by atoms with Crippen LogP contribution in [0.15, 0.2) is 0 Å². The lowest BCUT2D eigenvalue weighted by atomic mass is 9.98. The summed E-state index contributed by atoms with van der Waals surface area (Å²) in [6.45, 7) is 0. The van der Waals surface area contributed by atoms with Gasteiger partial charge in [0.05, 0.1) is 18.6 Å². The van der Waals surface area contributed by atoms with Crippen LogP contribution in [0.2, 0.25) is 0 Å². The van der Waals surface area contributed by atoms with Gasteiger partial charge in [0.2, 0.25) is 0 Å². The molecule has 0 aliphatic heterocycles. The first-order chi connectivity index (χ1) is 7.26. The van der Waals surface area contributed by atoms with Gasteiger partial charge in [-0.1, -0.05) is 25.7 Å². The summed E-state index contributed by atoms with van der Waals surface area (Å²) in [6, 6.07) is 0. The minimum absolute atomic E-state index is 0.00519. The minimum atomic E-state index is -0.173. The first-order valence-electron chi connectivity index (χ1n) is 5.89. The molecule has 86 valence electrons. The van der Waals surface area contributed by atoms with Gasteiger partial charge in [0, 0.05) is 13.0 Å². The van der Waals surface area contributed by atoms with E-state index in [0.29, 0.717) is 5.92 Å². The lowest BCUT2D eigenvalue weighted by Gasteiger charge is -2.18. The van der Waals surface area contributed by atoms with Gasteiger partial charge in [-0.25, -0.2) is 0 Å². The highest BCUT2D eigenvalue weighted by Gasteiger charge is 2.68. The third-order valence-electron chi connectivity index (χ3n) is 4.12. The Kier molecular flexibility index (Phi) is 3.01. The maximum atomic E-state index is 11.6. The van der Waals surface area contributed by atoms with Crippen molar-refractivity contribution >= 4 is 5.97 Å². The van der Waals surface area contributed by atoms with E-state index in [2.05, 4.69) is 0 Å². The molecule has 0 heterocycles. The molecule has 0 spiro atoms. The molecule has 0 aromatic heterocycles. The molecule has 0 saturated heterocycles. The molecule has 0 aromatic carbocycles. The van der Waals surface area contributed by atoms with Crippen molar-refractivity contribution in [3.05, 3.63) is 0 Å². The van der Waals surface area contributed by atoms with Gasteiger partial charge in [0.1, 0.15) is 0 Å². The molecule has 0 bridgehead atoms. The molecule has 3 nitrogen and oxygen atoms in total. The van der Waals surface area contributed by atoms with Crippen LogP contribution in [0, 0.1) is 11.8 Å². The molecule has 3 heteroatoms. The Balaban J connectivity index is 2.10. The highest BCUT2D eigenvalue weighted by atomic mass is 16.5. The topological polar surface area (TPSA) is 35.5 Å². The van der Waals surface area contributed by atoms with Crippen LogP contribution in [0.1, 0.15) is 38.5 Å². The summed E-state index contributed by atoms with van der Waals surface area (Å²) in [5, 5.41) is 0. The lowest BCUT2D eigenvalue weighted by molar-refractivity contribution is -0.144. The monoisotopic (exact) mass is 212 g/mol. The Hall–Kier alpha value is -0.570. The molecule has 0 N–H and O–H groups in total. The normalized spacial score (nSPS) is 39.9. The zero-order valence-corrected chi connectivity index (χ0v) is 9.62. The van der Waals surface area contributed by atoms with E-state index < -0.39 is 0 Å². The summed E-state index contributed by atoms with van der Waals surface area (Å²) >= 11 is 0. The van der Waals surface area contributed by atoms with Gasteiger partial charge in [-0.15, -0.1) is 0 Å². The van der Waals surface area contributed by atoms with Crippen molar-refractivity contribution in [2.24, 2.45) is 11.8 Å². The first-order valence-corrected chi connectivity index (χ1v) is 5.89. The molecule has 0 unspecified atom stereocenters. The number of esters is 1. The van der Waals surface area contributed by atoms with Gasteiger partial charge in [0.15, 0.2) is 0 Å². The summed E-state index contributed by atoms with van der Waals surface area (Å²) in [5.74, 6) is 0.338. The van der Waals surface area contributed by atoms with Crippen LogP contribution in [0.4, 0.5) is 0 Å². The zero-order chi connectivity index (χ0) is 10.9. The van der Waals surface area contributed by atoms with E-state index in [9.17, 15) is 4.79 Å². The third-order valence-corrected chi connectivity index (χ3v) is 4.12. The smallest absolute Gasteiger partial charge is 0.312 e. The largest absolute Gasteiger partial charge is 0.469 e. The fraction of sp³-hybridized carbons (Fsp3) is 0.917. The second kappa shape index (κ2) is 4.12. The van der Waals surface area contributed by atoms with Crippen LogP contribution in [-0.4, -0.2) is 25.8 Å². The zero-order valence-electron chi connectivity index (χ0n) is 9.62. The maximum Gasteiger partial charge on any atom is 0.312 e. The first kappa shape index (κ1) is 10.9. The van der Waals surface area contributed by atoms with E-state index in [1.54, 1.807) is 7.11 Å². The summed E-state index contributed by atoms with van der Waals surface area (Å²) in [4.78, 5) is 11.6. The molecule has 2 saturated carbocycles. The highest BCUT2D eigenvalue weighted by Crippen LogP contribution is 2.59. The van der Waals surface area contributed by atoms with E-state index in [4.69, 9.17) is 9.47 Å². The van der Waals surface area contributed by atoms with Gasteiger partial charge in [0.25, 0.3) is 0 Å². The lowest BCUT2D eigenvalue weighted by Crippen LogP contribution is -2.21. The highest BCUT2D eigenvalue weighted by molar-refractivity contribution is 5.78. The Morgan fingerprint density at radius 3 is 2.60 bits per heavy atom. The average molecular weight is 212 g/mol. The SMILES string of the molecule is COC(=O)[C@H]1[C@@H]2CCCCCC[C@]21OC. The molecule has 2 aliphatic carbocycles. The number of carbonyl (C=O) groups excluding carboxylic acids is 1. The molecule has 15 heavy (non-hydrogen) atoms. The second-order valence-corrected chi connectivity index (χ2v) is 4.72. The molecule has 0 aromatic rings. The van der Waals surface area contributed by atoms with Gasteiger partial charge in [-0.05, 0) is 12.8 Å². The van der Waals surface area contributed by atoms with Crippen LogP contribution in [-0.2, 0) is 14.3 Å². The van der Waals surface area contributed by atoms with Crippen molar-refractivity contribution in [1.82, 2.24) is 0 Å². The van der Waals surface area contributed by atoms with E-state index in [0.717, 1.165) is 12.8 Å². The number of carbonyl (C=O) groups is 1. The van der Waals surface area contributed by atoms with Crippen molar-refractivity contribution in [2.45, 2.75) is 44.1 Å².